The fourth-order valence-electron chi connectivity index (χ4n) is 1.52. The molecule has 4 nitrogen and oxygen atoms in total. The molecule has 92 valence electrons. The fraction of sp³-hybridized carbons (Fsp3) is 0.700. The monoisotopic (exact) mass is 261 g/mol. The summed E-state index contributed by atoms with van der Waals surface area (Å²) in [5, 5.41) is 4.51. The largest absolute Gasteiger partial charge is 0.383 e. The van der Waals surface area contributed by atoms with Gasteiger partial charge in [0.15, 0.2) is 5.82 Å². The number of nitrogens with zero attached hydrogens (tertiary/aromatic N) is 1. The highest BCUT2D eigenvalue weighted by Gasteiger charge is 2.14. The van der Waals surface area contributed by atoms with Crippen LogP contribution in [0.25, 0.3) is 0 Å². The average molecular weight is 261 g/mol. The van der Waals surface area contributed by atoms with Gasteiger partial charge in [0.25, 0.3) is 0 Å². The average Bonchev–Trinajstić information content (AvgIpc) is 2.60. The summed E-state index contributed by atoms with van der Waals surface area (Å²) < 4.78 is 9.35. The third-order valence-electron chi connectivity index (χ3n) is 2.22. The van der Waals surface area contributed by atoms with E-state index in [1.807, 2.05) is 6.26 Å². The van der Waals surface area contributed by atoms with Gasteiger partial charge in [-0.15, -0.1) is 11.8 Å². The van der Waals surface area contributed by atoms with Crippen LogP contribution in [0.1, 0.15) is 19.8 Å². The molecule has 1 unspecified atom stereocenters. The normalized spacial score (nSPS) is 12.7. The van der Waals surface area contributed by atoms with Gasteiger partial charge in [0.1, 0.15) is 5.00 Å². The maximum absolute atomic E-state index is 5.78. The quantitative estimate of drug-likeness (QED) is 0.739. The van der Waals surface area contributed by atoms with Crippen molar-refractivity contribution in [1.82, 2.24) is 4.37 Å². The molecule has 0 spiro atoms. The van der Waals surface area contributed by atoms with E-state index in [4.69, 9.17) is 10.5 Å². The Hall–Kier alpha value is -0.460. The molecular formula is C10H19N3OS2. The lowest BCUT2D eigenvalue weighted by molar-refractivity contribution is 0.182. The number of rotatable bonds is 7. The minimum absolute atomic E-state index is 0.334. The third-order valence-corrected chi connectivity index (χ3v) is 3.96. The Morgan fingerprint density at radius 1 is 1.62 bits per heavy atom. The maximum Gasteiger partial charge on any atom is 0.153 e. The number of hydrogen-bond donors (Lipinski definition) is 2. The summed E-state index contributed by atoms with van der Waals surface area (Å²) in [6.07, 6.45) is 4.22. The van der Waals surface area contributed by atoms with Gasteiger partial charge in [-0.2, -0.15) is 4.37 Å². The molecule has 1 aromatic heterocycles. The van der Waals surface area contributed by atoms with Crippen LogP contribution in [0.3, 0.4) is 0 Å². The summed E-state index contributed by atoms with van der Waals surface area (Å²) >= 11 is 3.04. The molecule has 1 rings (SSSR count). The van der Waals surface area contributed by atoms with Crippen molar-refractivity contribution in [3.63, 3.8) is 0 Å². The van der Waals surface area contributed by atoms with Crippen molar-refractivity contribution < 1.29 is 4.74 Å². The van der Waals surface area contributed by atoms with E-state index in [1.54, 1.807) is 18.9 Å². The molecule has 0 aromatic carbocycles. The van der Waals surface area contributed by atoms with Gasteiger partial charge in [0, 0.05) is 7.11 Å². The van der Waals surface area contributed by atoms with Crippen LogP contribution in [0.5, 0.6) is 0 Å². The van der Waals surface area contributed by atoms with Crippen molar-refractivity contribution in [2.45, 2.75) is 30.7 Å². The molecular weight excluding hydrogens is 242 g/mol. The first-order chi connectivity index (χ1) is 7.72. The molecule has 16 heavy (non-hydrogen) atoms. The molecule has 0 saturated heterocycles. The summed E-state index contributed by atoms with van der Waals surface area (Å²) in [5.41, 5.74) is 5.78. The van der Waals surface area contributed by atoms with Gasteiger partial charge in [-0.25, -0.2) is 0 Å². The van der Waals surface area contributed by atoms with E-state index < -0.39 is 0 Å². The summed E-state index contributed by atoms with van der Waals surface area (Å²) in [4.78, 5) is 1.04. The second kappa shape index (κ2) is 6.98. The van der Waals surface area contributed by atoms with E-state index in [9.17, 15) is 0 Å². The second-order valence-corrected chi connectivity index (χ2v) is 5.11. The van der Waals surface area contributed by atoms with Gasteiger partial charge in [-0.3, -0.25) is 0 Å². The summed E-state index contributed by atoms with van der Waals surface area (Å²) in [5.74, 6) is 0.618. The predicted molar refractivity (Wildman–Crippen MR) is 72.5 cm³/mol. The first-order valence-corrected chi connectivity index (χ1v) is 7.27. The number of nitrogens with two attached hydrogens (primary N) is 1. The zero-order valence-corrected chi connectivity index (χ0v) is 11.6. The molecule has 0 aliphatic rings. The number of anilines is 2. The molecule has 0 aliphatic carbocycles. The fourth-order valence-corrected chi connectivity index (χ4v) is 3.12. The SMILES string of the molecule is CCCC(COC)Nc1snc(N)c1SC. The number of ether oxygens (including phenoxy) is 1. The highest BCUT2D eigenvalue weighted by Crippen LogP contribution is 2.35. The van der Waals surface area contributed by atoms with Gasteiger partial charge >= 0.3 is 0 Å². The number of methoxy groups -OCH3 is 1. The molecule has 1 atom stereocenters. The highest BCUT2D eigenvalue weighted by atomic mass is 32.2. The van der Waals surface area contributed by atoms with Crippen molar-refractivity contribution in [3.05, 3.63) is 0 Å². The number of nitrogens with one attached hydrogen (secondary N) is 1. The molecule has 0 radical (unpaired) electrons. The Kier molecular flexibility index (Phi) is 5.94. The molecule has 0 amide bonds. The van der Waals surface area contributed by atoms with Gasteiger partial charge < -0.3 is 15.8 Å². The zero-order valence-electron chi connectivity index (χ0n) is 9.95. The number of nitrogen functional groups attached to an aromatic ring is 1. The van der Waals surface area contributed by atoms with Crippen molar-refractivity contribution in [1.29, 1.82) is 0 Å². The van der Waals surface area contributed by atoms with Crippen LogP contribution in [0.15, 0.2) is 4.90 Å². The van der Waals surface area contributed by atoms with Crippen LogP contribution >= 0.6 is 23.3 Å². The van der Waals surface area contributed by atoms with Crippen LogP contribution in [0, 0.1) is 0 Å². The summed E-state index contributed by atoms with van der Waals surface area (Å²) in [6.45, 7) is 2.88. The van der Waals surface area contributed by atoms with Crippen molar-refractivity contribution in [2.75, 3.05) is 31.0 Å². The van der Waals surface area contributed by atoms with Gasteiger partial charge in [-0.05, 0) is 24.2 Å². The van der Waals surface area contributed by atoms with Crippen LogP contribution in [-0.2, 0) is 4.74 Å². The molecule has 0 bridgehead atoms. The maximum atomic E-state index is 5.78. The first kappa shape index (κ1) is 13.6. The van der Waals surface area contributed by atoms with Crippen LogP contribution in [0.2, 0.25) is 0 Å². The lowest BCUT2D eigenvalue weighted by Crippen LogP contribution is -2.24. The number of thioether (sulfide) groups is 1. The molecule has 0 saturated carbocycles. The third kappa shape index (κ3) is 3.54. The minimum atomic E-state index is 0.334. The summed E-state index contributed by atoms with van der Waals surface area (Å²) in [7, 11) is 1.72. The zero-order chi connectivity index (χ0) is 12.0. The van der Waals surface area contributed by atoms with Crippen molar-refractivity contribution >= 4 is 34.1 Å². The van der Waals surface area contributed by atoms with E-state index >= 15 is 0 Å². The molecule has 1 aromatic rings. The Morgan fingerprint density at radius 2 is 2.38 bits per heavy atom. The van der Waals surface area contributed by atoms with Crippen molar-refractivity contribution in [3.8, 4) is 0 Å². The van der Waals surface area contributed by atoms with E-state index in [0.29, 0.717) is 18.5 Å². The van der Waals surface area contributed by atoms with Crippen LogP contribution in [-0.4, -0.2) is 30.4 Å². The van der Waals surface area contributed by atoms with Crippen molar-refractivity contribution in [2.24, 2.45) is 0 Å². The molecule has 6 heteroatoms. The smallest absolute Gasteiger partial charge is 0.153 e. The van der Waals surface area contributed by atoms with E-state index in [0.717, 1.165) is 22.7 Å². The topological polar surface area (TPSA) is 60.2 Å². The lowest BCUT2D eigenvalue weighted by Gasteiger charge is -2.17. The Balaban J connectivity index is 2.68. The summed E-state index contributed by atoms with van der Waals surface area (Å²) in [6, 6.07) is 0.334. The molecule has 0 aliphatic heterocycles. The predicted octanol–water partition coefficient (Wildman–Crippen LogP) is 2.67. The molecule has 3 N–H and O–H groups in total. The Bertz CT molecular complexity index is 311. The van der Waals surface area contributed by atoms with Gasteiger partial charge in [0.05, 0.1) is 17.5 Å². The molecule has 0 fully saturated rings. The van der Waals surface area contributed by atoms with E-state index in [-0.39, 0.29) is 0 Å². The first-order valence-electron chi connectivity index (χ1n) is 5.27. The van der Waals surface area contributed by atoms with E-state index in [1.165, 1.54) is 11.5 Å². The van der Waals surface area contributed by atoms with Crippen LogP contribution < -0.4 is 11.1 Å². The molecule has 1 heterocycles. The standard InChI is InChI=1S/C10H19N3OS2/c1-4-5-7(6-14-2)12-10-8(15-3)9(11)13-16-10/h7,12H,4-6H2,1-3H3,(H2,11,13). The Morgan fingerprint density at radius 3 is 2.94 bits per heavy atom. The Labute approximate surface area is 105 Å². The van der Waals surface area contributed by atoms with E-state index in [2.05, 4.69) is 16.6 Å². The number of aromatic nitrogens is 1. The van der Waals surface area contributed by atoms with Crippen LogP contribution in [0.4, 0.5) is 10.8 Å². The number of hydrogen-bond acceptors (Lipinski definition) is 6. The van der Waals surface area contributed by atoms with Gasteiger partial charge in [-0.1, -0.05) is 13.3 Å². The second-order valence-electron chi connectivity index (χ2n) is 3.52. The minimum Gasteiger partial charge on any atom is -0.383 e. The highest BCUT2D eigenvalue weighted by molar-refractivity contribution is 7.99. The lowest BCUT2D eigenvalue weighted by atomic mass is 10.2. The van der Waals surface area contributed by atoms with Gasteiger partial charge in [0.2, 0.25) is 0 Å².